The van der Waals surface area contributed by atoms with Crippen LogP contribution < -0.4 is 5.32 Å². The number of anilines is 1. The Hall–Kier alpha value is -2.69. The Balaban J connectivity index is 1.68. The largest absolute Gasteiger partial charge is 0.336 e. The fourth-order valence-corrected chi connectivity index (χ4v) is 3.03. The Labute approximate surface area is 146 Å². The number of aryl methyl sites for hydroxylation is 1. The molecule has 0 saturated heterocycles. The van der Waals surface area contributed by atoms with Gasteiger partial charge in [0.05, 0.1) is 16.6 Å². The van der Waals surface area contributed by atoms with Gasteiger partial charge in [-0.25, -0.2) is 4.98 Å². The molecule has 3 aromatic rings. The van der Waals surface area contributed by atoms with E-state index in [-0.39, 0.29) is 5.91 Å². The first-order chi connectivity index (χ1) is 12.0. The lowest BCUT2D eigenvalue weighted by molar-refractivity contribution is 0.102. The van der Waals surface area contributed by atoms with Gasteiger partial charge in [0.25, 0.3) is 11.6 Å². The summed E-state index contributed by atoms with van der Waals surface area (Å²) < 4.78 is 5.31. The Kier molecular flexibility index (Phi) is 3.79. The van der Waals surface area contributed by atoms with Crippen molar-refractivity contribution in [2.24, 2.45) is 0 Å². The second-order valence-corrected chi connectivity index (χ2v) is 7.05. The molecule has 128 valence electrons. The van der Waals surface area contributed by atoms with Crippen LogP contribution in [0.3, 0.4) is 0 Å². The van der Waals surface area contributed by atoms with Crippen LogP contribution in [-0.4, -0.2) is 16.0 Å². The van der Waals surface area contributed by atoms with Crippen LogP contribution in [0.1, 0.15) is 65.8 Å². The van der Waals surface area contributed by atoms with Crippen LogP contribution in [0.15, 0.2) is 34.9 Å². The summed E-state index contributed by atoms with van der Waals surface area (Å²) in [5.74, 6) is 0.745. The molecule has 2 aromatic heterocycles. The van der Waals surface area contributed by atoms with E-state index in [1.807, 2.05) is 37.3 Å². The molecule has 1 saturated carbocycles. The average Bonchev–Trinajstić information content (AvgIpc) is 3.38. The van der Waals surface area contributed by atoms with Gasteiger partial charge in [0.15, 0.2) is 0 Å². The van der Waals surface area contributed by atoms with E-state index in [9.17, 15) is 4.79 Å². The number of amides is 1. The van der Waals surface area contributed by atoms with E-state index in [1.54, 1.807) is 0 Å². The van der Waals surface area contributed by atoms with Gasteiger partial charge in [-0.3, -0.25) is 4.79 Å². The lowest BCUT2D eigenvalue weighted by atomic mass is 10.0. The first-order valence-electron chi connectivity index (χ1n) is 8.71. The predicted octanol–water partition coefficient (Wildman–Crippen LogP) is 4.78. The minimum atomic E-state index is -0.155. The fourth-order valence-electron chi connectivity index (χ4n) is 3.03. The second kappa shape index (κ2) is 5.99. The molecule has 25 heavy (non-hydrogen) atoms. The minimum absolute atomic E-state index is 0.155. The highest BCUT2D eigenvalue weighted by Crippen LogP contribution is 2.40. The van der Waals surface area contributed by atoms with E-state index in [1.165, 1.54) is 5.56 Å². The van der Waals surface area contributed by atoms with Gasteiger partial charge in [-0.15, -0.1) is 0 Å². The quantitative estimate of drug-likeness (QED) is 0.744. The van der Waals surface area contributed by atoms with Gasteiger partial charge in [-0.1, -0.05) is 31.1 Å². The van der Waals surface area contributed by atoms with Gasteiger partial charge in [0.2, 0.25) is 0 Å². The third-order valence-corrected chi connectivity index (χ3v) is 4.71. The molecule has 0 bridgehead atoms. The number of hydrogen-bond acceptors (Lipinski definition) is 4. The molecule has 0 radical (unpaired) electrons. The zero-order valence-corrected chi connectivity index (χ0v) is 14.7. The molecule has 0 atom stereocenters. The maximum atomic E-state index is 12.9. The molecule has 1 fully saturated rings. The van der Waals surface area contributed by atoms with Gasteiger partial charge in [-0.2, -0.15) is 0 Å². The van der Waals surface area contributed by atoms with Gasteiger partial charge in [-0.05, 0) is 49.4 Å². The number of nitrogens with one attached hydrogen (secondary N) is 1. The van der Waals surface area contributed by atoms with E-state index >= 15 is 0 Å². The number of carbonyl (C=O) groups is 1. The van der Waals surface area contributed by atoms with Crippen LogP contribution in [-0.2, 0) is 0 Å². The molecule has 5 heteroatoms. The summed E-state index contributed by atoms with van der Waals surface area (Å²) in [5.41, 5.74) is 4.66. The van der Waals surface area contributed by atoms with Crippen molar-refractivity contribution in [2.45, 2.75) is 45.4 Å². The molecular formula is C20H21N3O2. The Morgan fingerprint density at radius 2 is 1.96 bits per heavy atom. The number of carbonyl (C=O) groups excluding carboxylic acids is 1. The molecule has 0 spiro atoms. The van der Waals surface area contributed by atoms with Crippen molar-refractivity contribution >= 4 is 22.7 Å². The zero-order chi connectivity index (χ0) is 17.6. The molecule has 1 aliphatic rings. The maximum Gasteiger partial charge on any atom is 0.259 e. The fraction of sp³-hybridized carbons (Fsp3) is 0.350. The Morgan fingerprint density at radius 1 is 1.24 bits per heavy atom. The van der Waals surface area contributed by atoms with E-state index in [0.717, 1.165) is 24.2 Å². The van der Waals surface area contributed by atoms with Gasteiger partial charge in [0, 0.05) is 17.3 Å². The van der Waals surface area contributed by atoms with E-state index < -0.39 is 0 Å². The third kappa shape index (κ3) is 3.02. The van der Waals surface area contributed by atoms with E-state index in [2.05, 4.69) is 29.3 Å². The summed E-state index contributed by atoms with van der Waals surface area (Å²) in [6, 6.07) is 9.86. The smallest absolute Gasteiger partial charge is 0.259 e. The summed E-state index contributed by atoms with van der Waals surface area (Å²) in [4.78, 5) is 17.4. The van der Waals surface area contributed by atoms with Crippen LogP contribution in [0.5, 0.6) is 0 Å². The van der Waals surface area contributed by atoms with Crippen molar-refractivity contribution in [1.82, 2.24) is 10.1 Å². The normalized spacial score (nSPS) is 14.2. The molecule has 0 unspecified atom stereocenters. The highest BCUT2D eigenvalue weighted by molar-refractivity contribution is 6.12. The number of fused-ring (bicyclic) bond motifs is 1. The number of nitrogens with zero attached hydrogens (tertiary/aromatic N) is 2. The second-order valence-electron chi connectivity index (χ2n) is 7.05. The zero-order valence-electron chi connectivity index (χ0n) is 14.7. The number of aromatic nitrogens is 2. The van der Waals surface area contributed by atoms with Crippen LogP contribution >= 0.6 is 0 Å². The number of hydrogen-bond donors (Lipinski definition) is 1. The molecule has 5 nitrogen and oxygen atoms in total. The summed E-state index contributed by atoms with van der Waals surface area (Å²) in [6.45, 7) is 6.13. The molecule has 1 amide bonds. The van der Waals surface area contributed by atoms with Crippen molar-refractivity contribution in [3.63, 3.8) is 0 Å². The Morgan fingerprint density at radius 3 is 2.60 bits per heavy atom. The van der Waals surface area contributed by atoms with E-state index in [0.29, 0.717) is 34.2 Å². The summed E-state index contributed by atoms with van der Waals surface area (Å²) in [5, 5.41) is 7.66. The predicted molar refractivity (Wildman–Crippen MR) is 97.0 cm³/mol. The van der Waals surface area contributed by atoms with Gasteiger partial charge in [0.1, 0.15) is 0 Å². The molecule has 4 rings (SSSR count). The first-order valence-corrected chi connectivity index (χ1v) is 8.71. The van der Waals surface area contributed by atoms with Crippen molar-refractivity contribution < 1.29 is 9.32 Å². The molecular weight excluding hydrogens is 314 g/mol. The van der Waals surface area contributed by atoms with Crippen molar-refractivity contribution in [1.29, 1.82) is 0 Å². The molecule has 1 aromatic carbocycles. The summed E-state index contributed by atoms with van der Waals surface area (Å²) in [6.07, 6.45) is 2.23. The van der Waals surface area contributed by atoms with Crippen LogP contribution in [0.25, 0.3) is 11.1 Å². The van der Waals surface area contributed by atoms with Gasteiger partial charge >= 0.3 is 0 Å². The number of benzene rings is 1. The SMILES string of the molecule is Cc1noc2nc(C3CC3)cc(C(=O)Nc3ccc(C(C)C)cc3)c12. The van der Waals surface area contributed by atoms with Crippen molar-refractivity contribution in [3.8, 4) is 0 Å². The van der Waals surface area contributed by atoms with E-state index in [4.69, 9.17) is 4.52 Å². The van der Waals surface area contributed by atoms with Crippen LogP contribution in [0.2, 0.25) is 0 Å². The third-order valence-electron chi connectivity index (χ3n) is 4.71. The molecule has 2 heterocycles. The van der Waals surface area contributed by atoms with Crippen LogP contribution in [0, 0.1) is 6.92 Å². The number of rotatable bonds is 4. The summed E-state index contributed by atoms with van der Waals surface area (Å²) in [7, 11) is 0. The highest BCUT2D eigenvalue weighted by Gasteiger charge is 2.28. The highest BCUT2D eigenvalue weighted by atomic mass is 16.5. The summed E-state index contributed by atoms with van der Waals surface area (Å²) >= 11 is 0. The first kappa shape index (κ1) is 15.8. The lowest BCUT2D eigenvalue weighted by Crippen LogP contribution is -2.13. The average molecular weight is 335 g/mol. The molecule has 1 aliphatic carbocycles. The lowest BCUT2D eigenvalue weighted by Gasteiger charge is -2.10. The van der Waals surface area contributed by atoms with Crippen molar-refractivity contribution in [2.75, 3.05) is 5.32 Å². The van der Waals surface area contributed by atoms with Crippen LogP contribution in [0.4, 0.5) is 5.69 Å². The maximum absolute atomic E-state index is 12.9. The van der Waals surface area contributed by atoms with Crippen molar-refractivity contribution in [3.05, 3.63) is 52.8 Å². The molecule has 0 aliphatic heterocycles. The molecule has 1 N–H and O–H groups in total. The minimum Gasteiger partial charge on any atom is -0.336 e. The topological polar surface area (TPSA) is 68.0 Å². The number of pyridine rings is 1. The van der Waals surface area contributed by atoms with Gasteiger partial charge < -0.3 is 9.84 Å². The Bertz CT molecular complexity index is 937. The standard InChI is InChI=1S/C20H21N3O2/c1-11(2)13-6-8-15(9-7-13)21-19(24)16-10-17(14-4-5-14)22-20-18(16)12(3)23-25-20/h6-11,14H,4-5H2,1-3H3,(H,21,24). The monoisotopic (exact) mass is 335 g/mol.